The number of benzene rings is 1. The lowest BCUT2D eigenvalue weighted by molar-refractivity contribution is -0.137. The second-order valence-corrected chi connectivity index (χ2v) is 6.19. The number of carboxylic acids is 1. The minimum Gasteiger partial charge on any atom is -0.481 e. The first-order chi connectivity index (χ1) is 10.4. The highest BCUT2D eigenvalue weighted by Gasteiger charge is 2.16. The predicted octanol–water partition coefficient (Wildman–Crippen LogP) is 2.93. The van der Waals surface area contributed by atoms with Gasteiger partial charge in [-0.1, -0.05) is 6.07 Å². The van der Waals surface area contributed by atoms with Crippen LogP contribution in [-0.4, -0.2) is 42.0 Å². The lowest BCUT2D eigenvalue weighted by Crippen LogP contribution is -2.30. The minimum atomic E-state index is -0.870. The van der Waals surface area contributed by atoms with Crippen LogP contribution in [0.2, 0.25) is 0 Å². The van der Waals surface area contributed by atoms with Crippen LogP contribution >= 0.6 is 23.2 Å². The average molecular weight is 347 g/mol. The van der Waals surface area contributed by atoms with Gasteiger partial charge in [0.1, 0.15) is 0 Å². The van der Waals surface area contributed by atoms with E-state index in [2.05, 4.69) is 11.0 Å². The Morgan fingerprint density at radius 1 is 1.27 bits per heavy atom. The molecule has 0 fully saturated rings. The highest BCUT2D eigenvalue weighted by atomic mass is 35.5. The van der Waals surface area contributed by atoms with Crippen LogP contribution in [0.3, 0.4) is 0 Å². The summed E-state index contributed by atoms with van der Waals surface area (Å²) in [6.07, 6.45) is 0.517. The van der Waals surface area contributed by atoms with Crippen LogP contribution < -0.4 is 10.6 Å². The molecule has 4 nitrogen and oxygen atoms in total. The van der Waals surface area contributed by atoms with Crippen molar-refractivity contribution in [2.45, 2.75) is 32.7 Å². The molecule has 0 spiro atoms. The summed E-state index contributed by atoms with van der Waals surface area (Å²) in [5.41, 5.74) is 10.4. The summed E-state index contributed by atoms with van der Waals surface area (Å²) in [5.74, 6) is 0.181. The molecule has 0 saturated carbocycles. The van der Waals surface area contributed by atoms with Gasteiger partial charge in [-0.25, -0.2) is 0 Å². The number of anilines is 1. The van der Waals surface area contributed by atoms with E-state index >= 15 is 0 Å². The summed E-state index contributed by atoms with van der Waals surface area (Å²) < 4.78 is 0. The van der Waals surface area contributed by atoms with Crippen molar-refractivity contribution in [3.05, 3.63) is 28.8 Å². The average Bonchev–Trinajstić information content (AvgIpc) is 2.43. The molecule has 22 heavy (non-hydrogen) atoms. The Labute approximate surface area is 142 Å². The molecule has 0 aliphatic rings. The molecule has 1 rings (SSSR count). The Morgan fingerprint density at radius 3 is 2.36 bits per heavy atom. The number of rotatable bonds is 9. The first-order valence-electron chi connectivity index (χ1n) is 7.34. The van der Waals surface area contributed by atoms with Crippen molar-refractivity contribution in [1.29, 1.82) is 0 Å². The molecule has 1 aromatic rings. The molecule has 0 unspecified atom stereocenters. The number of nitrogens with zero attached hydrogens (tertiary/aromatic N) is 1. The van der Waals surface area contributed by atoms with Crippen molar-refractivity contribution in [2.24, 2.45) is 5.73 Å². The van der Waals surface area contributed by atoms with Crippen LogP contribution in [0, 0.1) is 13.8 Å². The molecular formula is C16H24Cl2N2O2. The summed E-state index contributed by atoms with van der Waals surface area (Å²) in [7, 11) is 0. The van der Waals surface area contributed by atoms with Gasteiger partial charge in [0.15, 0.2) is 0 Å². The van der Waals surface area contributed by atoms with Crippen LogP contribution in [0.4, 0.5) is 5.69 Å². The highest BCUT2D eigenvalue weighted by Crippen LogP contribution is 2.27. The third-order valence-corrected chi connectivity index (χ3v) is 4.09. The zero-order valence-electron chi connectivity index (χ0n) is 13.1. The van der Waals surface area contributed by atoms with Crippen molar-refractivity contribution >= 4 is 34.9 Å². The summed E-state index contributed by atoms with van der Waals surface area (Å²) in [5, 5.41) is 8.87. The van der Waals surface area contributed by atoms with Crippen molar-refractivity contribution in [2.75, 3.05) is 29.7 Å². The fraction of sp³-hybridized carbons (Fsp3) is 0.562. The Balaban J connectivity index is 3.07. The number of aryl methyl sites for hydroxylation is 1. The second kappa shape index (κ2) is 9.23. The van der Waals surface area contributed by atoms with E-state index < -0.39 is 5.97 Å². The molecule has 0 aliphatic heterocycles. The molecule has 1 aromatic carbocycles. The van der Waals surface area contributed by atoms with Crippen LogP contribution in [0.25, 0.3) is 0 Å². The maximum absolute atomic E-state index is 10.8. The maximum atomic E-state index is 10.8. The molecule has 3 N–H and O–H groups in total. The van der Waals surface area contributed by atoms with E-state index in [1.807, 2.05) is 19.9 Å². The third kappa shape index (κ3) is 5.34. The fourth-order valence-electron chi connectivity index (χ4n) is 2.65. The van der Waals surface area contributed by atoms with Gasteiger partial charge in [-0.15, -0.1) is 23.2 Å². The smallest absolute Gasteiger partial charge is 0.304 e. The van der Waals surface area contributed by atoms with Gasteiger partial charge in [0.05, 0.1) is 6.42 Å². The largest absolute Gasteiger partial charge is 0.481 e. The second-order valence-electron chi connectivity index (χ2n) is 5.43. The van der Waals surface area contributed by atoms with E-state index in [4.69, 9.17) is 34.0 Å². The topological polar surface area (TPSA) is 66.6 Å². The van der Waals surface area contributed by atoms with E-state index in [-0.39, 0.29) is 12.5 Å². The number of alkyl halides is 2. The maximum Gasteiger partial charge on any atom is 0.304 e. The van der Waals surface area contributed by atoms with Crippen molar-refractivity contribution in [3.8, 4) is 0 Å². The number of hydrogen-bond acceptors (Lipinski definition) is 3. The molecule has 6 heteroatoms. The number of halogens is 2. The Morgan fingerprint density at radius 2 is 1.86 bits per heavy atom. The Kier molecular flexibility index (Phi) is 8.01. The third-order valence-electron chi connectivity index (χ3n) is 3.76. The summed E-state index contributed by atoms with van der Waals surface area (Å²) in [6, 6.07) is 3.72. The van der Waals surface area contributed by atoms with Crippen LogP contribution in [0.1, 0.15) is 23.1 Å². The molecule has 0 amide bonds. The Bertz CT molecular complexity index is 503. The zero-order chi connectivity index (χ0) is 16.7. The number of nitrogens with two attached hydrogens (primary N) is 1. The monoisotopic (exact) mass is 346 g/mol. The van der Waals surface area contributed by atoms with E-state index in [1.54, 1.807) is 0 Å². The van der Waals surface area contributed by atoms with Crippen molar-refractivity contribution < 1.29 is 9.90 Å². The normalized spacial score (nSPS) is 12.2. The summed E-state index contributed by atoms with van der Waals surface area (Å²) in [6.45, 7) is 5.51. The molecule has 0 heterocycles. The van der Waals surface area contributed by atoms with Crippen LogP contribution in [-0.2, 0) is 11.2 Å². The molecule has 0 saturated heterocycles. The minimum absolute atomic E-state index is 0.0316. The number of hydrogen-bond donors (Lipinski definition) is 2. The first kappa shape index (κ1) is 19.1. The fourth-order valence-corrected chi connectivity index (χ4v) is 3.06. The van der Waals surface area contributed by atoms with E-state index in [1.165, 1.54) is 0 Å². The summed E-state index contributed by atoms with van der Waals surface area (Å²) in [4.78, 5) is 13.0. The van der Waals surface area contributed by atoms with Crippen molar-refractivity contribution in [3.63, 3.8) is 0 Å². The van der Waals surface area contributed by atoms with E-state index in [9.17, 15) is 4.79 Å². The zero-order valence-corrected chi connectivity index (χ0v) is 14.6. The molecule has 124 valence electrons. The van der Waals surface area contributed by atoms with Crippen LogP contribution in [0.15, 0.2) is 12.1 Å². The van der Waals surface area contributed by atoms with Crippen molar-refractivity contribution in [1.82, 2.24) is 0 Å². The van der Waals surface area contributed by atoms with Gasteiger partial charge in [-0.3, -0.25) is 4.79 Å². The first-order valence-corrected chi connectivity index (χ1v) is 8.40. The standard InChI is InChI=1S/C16H24Cl2N2O2/c1-11-3-4-15(20(7-5-17)8-6-18)12(2)14(11)9-13(19)10-16(21)22/h3-4,13H,5-10,19H2,1-2H3,(H,21,22)/t13-/m0/s1. The lowest BCUT2D eigenvalue weighted by Gasteiger charge is -2.27. The van der Waals surface area contributed by atoms with Gasteiger partial charge in [-0.2, -0.15) is 0 Å². The predicted molar refractivity (Wildman–Crippen MR) is 93.5 cm³/mol. The molecule has 0 aromatic heterocycles. The molecule has 0 bridgehead atoms. The number of aliphatic carboxylic acids is 1. The molecule has 0 aliphatic carbocycles. The Hall–Kier alpha value is -0.970. The van der Waals surface area contributed by atoms with Gasteiger partial charge < -0.3 is 15.7 Å². The number of carboxylic acid groups (broad SMARTS) is 1. The molecular weight excluding hydrogens is 323 g/mol. The quantitative estimate of drug-likeness (QED) is 0.674. The molecule has 0 radical (unpaired) electrons. The van der Waals surface area contributed by atoms with Gasteiger partial charge in [0.25, 0.3) is 0 Å². The van der Waals surface area contributed by atoms with Gasteiger partial charge in [0, 0.05) is 36.6 Å². The van der Waals surface area contributed by atoms with Gasteiger partial charge >= 0.3 is 5.97 Å². The highest BCUT2D eigenvalue weighted by molar-refractivity contribution is 6.18. The number of carbonyl (C=O) groups is 1. The summed E-state index contributed by atoms with van der Waals surface area (Å²) >= 11 is 11.8. The van der Waals surface area contributed by atoms with Crippen LogP contribution in [0.5, 0.6) is 0 Å². The SMILES string of the molecule is Cc1ccc(N(CCCl)CCCl)c(C)c1C[C@H](N)CC(=O)O. The van der Waals surface area contributed by atoms with E-state index in [0.717, 1.165) is 35.5 Å². The van der Waals surface area contributed by atoms with Gasteiger partial charge in [-0.05, 0) is 43.0 Å². The van der Waals surface area contributed by atoms with Gasteiger partial charge in [0.2, 0.25) is 0 Å². The van der Waals surface area contributed by atoms with E-state index in [0.29, 0.717) is 18.2 Å². The molecule has 1 atom stereocenters. The lowest BCUT2D eigenvalue weighted by atomic mass is 9.94.